The lowest BCUT2D eigenvalue weighted by atomic mass is 9.72. The number of piperidine rings is 1. The Morgan fingerprint density at radius 1 is 1.26 bits per heavy atom. The van der Waals surface area contributed by atoms with Crippen LogP contribution in [0.1, 0.15) is 40.5 Å². The normalized spacial score (nSPS) is 46.6. The molecule has 0 saturated carbocycles. The Hall–Kier alpha value is -0.120. The highest BCUT2D eigenvalue weighted by molar-refractivity contribution is 5.09. The Labute approximate surface area is 118 Å². The summed E-state index contributed by atoms with van der Waals surface area (Å²) < 4.78 is 0. The number of nitrogens with one attached hydrogen (secondary N) is 2. The molecule has 3 heteroatoms. The van der Waals surface area contributed by atoms with Crippen LogP contribution in [0.5, 0.6) is 0 Å². The molecule has 3 aliphatic heterocycles. The first kappa shape index (κ1) is 13.8. The maximum absolute atomic E-state index is 3.97. The van der Waals surface area contributed by atoms with Crippen LogP contribution in [0.2, 0.25) is 0 Å². The lowest BCUT2D eigenvalue weighted by Crippen LogP contribution is -2.50. The van der Waals surface area contributed by atoms with E-state index in [2.05, 4.69) is 43.2 Å². The Bertz CT molecular complexity index is 317. The van der Waals surface area contributed by atoms with Gasteiger partial charge in [-0.1, -0.05) is 27.7 Å². The predicted molar refractivity (Wildman–Crippen MR) is 80.0 cm³/mol. The first-order valence-corrected chi connectivity index (χ1v) is 8.41. The highest BCUT2D eigenvalue weighted by Crippen LogP contribution is 2.49. The maximum atomic E-state index is 3.97. The quantitative estimate of drug-likeness (QED) is 0.816. The van der Waals surface area contributed by atoms with Crippen molar-refractivity contribution in [1.29, 1.82) is 0 Å². The molecule has 6 unspecified atom stereocenters. The molecule has 3 aliphatic rings. The number of rotatable bonds is 3. The standard InChI is InChI=1S/C16H31N3/c1-5-13-14(10(3)4)15-11-7-8-17-9-12(11)18-16(15)19(13)6-2/h10-18H,5-9H2,1-4H3. The molecular formula is C16H31N3. The summed E-state index contributed by atoms with van der Waals surface area (Å²) in [6, 6.07) is 1.51. The lowest BCUT2D eigenvalue weighted by molar-refractivity contribution is 0.140. The Morgan fingerprint density at radius 3 is 2.68 bits per heavy atom. The first-order valence-electron chi connectivity index (χ1n) is 8.41. The van der Waals surface area contributed by atoms with Gasteiger partial charge >= 0.3 is 0 Å². The molecule has 3 saturated heterocycles. The summed E-state index contributed by atoms with van der Waals surface area (Å²) in [6.45, 7) is 13.2. The van der Waals surface area contributed by atoms with Gasteiger partial charge in [-0.2, -0.15) is 0 Å². The highest BCUT2D eigenvalue weighted by Gasteiger charge is 2.57. The second-order valence-corrected chi connectivity index (χ2v) is 7.08. The van der Waals surface area contributed by atoms with Gasteiger partial charge in [0.2, 0.25) is 0 Å². The average molecular weight is 265 g/mol. The van der Waals surface area contributed by atoms with E-state index in [0.29, 0.717) is 6.17 Å². The minimum Gasteiger partial charge on any atom is -0.315 e. The summed E-state index contributed by atoms with van der Waals surface area (Å²) >= 11 is 0. The summed E-state index contributed by atoms with van der Waals surface area (Å²) in [6.07, 6.45) is 3.33. The lowest BCUT2D eigenvalue weighted by Gasteiger charge is -2.36. The van der Waals surface area contributed by atoms with Gasteiger partial charge in [-0.25, -0.2) is 0 Å². The van der Waals surface area contributed by atoms with Crippen LogP contribution in [0.4, 0.5) is 0 Å². The molecule has 0 radical (unpaired) electrons. The van der Waals surface area contributed by atoms with Crippen LogP contribution in [-0.4, -0.2) is 42.8 Å². The van der Waals surface area contributed by atoms with Crippen molar-refractivity contribution in [2.75, 3.05) is 19.6 Å². The molecule has 0 amide bonds. The van der Waals surface area contributed by atoms with Crippen LogP contribution in [0.3, 0.4) is 0 Å². The molecule has 3 rings (SSSR count). The molecule has 0 aromatic rings. The van der Waals surface area contributed by atoms with E-state index in [1.165, 1.54) is 32.5 Å². The van der Waals surface area contributed by atoms with Gasteiger partial charge in [-0.15, -0.1) is 0 Å². The van der Waals surface area contributed by atoms with Gasteiger partial charge in [0.25, 0.3) is 0 Å². The number of likely N-dealkylation sites (tertiary alicyclic amines) is 1. The smallest absolute Gasteiger partial charge is 0.0637 e. The minimum absolute atomic E-state index is 0.650. The van der Waals surface area contributed by atoms with Gasteiger partial charge in [0.1, 0.15) is 0 Å². The Balaban J connectivity index is 1.90. The first-order chi connectivity index (χ1) is 9.19. The van der Waals surface area contributed by atoms with Crippen LogP contribution in [0.15, 0.2) is 0 Å². The van der Waals surface area contributed by atoms with E-state index in [1.807, 2.05) is 0 Å². The van der Waals surface area contributed by atoms with Crippen LogP contribution in [-0.2, 0) is 0 Å². The summed E-state index contributed by atoms with van der Waals surface area (Å²) in [4.78, 5) is 2.77. The van der Waals surface area contributed by atoms with Gasteiger partial charge in [0.15, 0.2) is 0 Å². The van der Waals surface area contributed by atoms with E-state index in [4.69, 9.17) is 0 Å². The summed E-state index contributed by atoms with van der Waals surface area (Å²) in [5.74, 6) is 3.49. The van der Waals surface area contributed by atoms with Gasteiger partial charge in [-0.3, -0.25) is 10.2 Å². The second kappa shape index (κ2) is 5.34. The molecule has 0 aromatic carbocycles. The second-order valence-electron chi connectivity index (χ2n) is 7.08. The zero-order chi connectivity index (χ0) is 13.6. The van der Waals surface area contributed by atoms with Gasteiger partial charge in [0.05, 0.1) is 6.17 Å². The van der Waals surface area contributed by atoms with E-state index >= 15 is 0 Å². The third-order valence-corrected chi connectivity index (χ3v) is 6.00. The van der Waals surface area contributed by atoms with Crippen molar-refractivity contribution in [2.24, 2.45) is 23.7 Å². The molecule has 0 aliphatic carbocycles. The van der Waals surface area contributed by atoms with Crippen LogP contribution in [0, 0.1) is 23.7 Å². The fourth-order valence-corrected chi connectivity index (χ4v) is 5.41. The van der Waals surface area contributed by atoms with E-state index < -0.39 is 0 Å². The molecule has 3 fully saturated rings. The Kier molecular flexibility index (Phi) is 3.89. The topological polar surface area (TPSA) is 27.3 Å². The van der Waals surface area contributed by atoms with E-state index in [1.54, 1.807) is 0 Å². The molecular weight excluding hydrogens is 234 g/mol. The number of fused-ring (bicyclic) bond motifs is 3. The molecule has 3 nitrogen and oxygen atoms in total. The monoisotopic (exact) mass is 265 g/mol. The highest BCUT2D eigenvalue weighted by atomic mass is 15.4. The van der Waals surface area contributed by atoms with Crippen LogP contribution in [0.25, 0.3) is 0 Å². The zero-order valence-electron chi connectivity index (χ0n) is 13.0. The molecule has 6 atom stereocenters. The third-order valence-electron chi connectivity index (χ3n) is 6.00. The van der Waals surface area contributed by atoms with E-state index in [-0.39, 0.29) is 0 Å². The molecule has 110 valence electrons. The van der Waals surface area contributed by atoms with Crippen LogP contribution < -0.4 is 10.6 Å². The number of nitrogens with zero attached hydrogens (tertiary/aromatic N) is 1. The molecule has 19 heavy (non-hydrogen) atoms. The fourth-order valence-electron chi connectivity index (χ4n) is 5.41. The number of hydrogen-bond acceptors (Lipinski definition) is 3. The Morgan fingerprint density at radius 2 is 2.05 bits per heavy atom. The molecule has 0 spiro atoms. The van der Waals surface area contributed by atoms with Crippen molar-refractivity contribution < 1.29 is 0 Å². The fraction of sp³-hybridized carbons (Fsp3) is 1.00. The minimum atomic E-state index is 0.650. The molecule has 2 N–H and O–H groups in total. The van der Waals surface area contributed by atoms with E-state index in [9.17, 15) is 0 Å². The largest absolute Gasteiger partial charge is 0.315 e. The SMILES string of the molecule is CCC1C(C(C)C)C2C3CCNCC3NC2N1CC. The van der Waals surface area contributed by atoms with Gasteiger partial charge in [-0.05, 0) is 49.6 Å². The van der Waals surface area contributed by atoms with Crippen molar-refractivity contribution in [1.82, 2.24) is 15.5 Å². The predicted octanol–water partition coefficient (Wildman–Crippen LogP) is 1.90. The molecule has 0 aromatic heterocycles. The van der Waals surface area contributed by atoms with Crippen molar-refractivity contribution in [2.45, 2.75) is 58.8 Å². The van der Waals surface area contributed by atoms with Crippen molar-refractivity contribution in [3.8, 4) is 0 Å². The number of hydrogen-bond donors (Lipinski definition) is 2. The maximum Gasteiger partial charge on any atom is 0.0637 e. The van der Waals surface area contributed by atoms with Gasteiger partial charge < -0.3 is 5.32 Å². The van der Waals surface area contributed by atoms with Crippen LogP contribution >= 0.6 is 0 Å². The van der Waals surface area contributed by atoms with Crippen molar-refractivity contribution >= 4 is 0 Å². The molecule has 3 heterocycles. The average Bonchev–Trinajstić information content (AvgIpc) is 2.91. The van der Waals surface area contributed by atoms with Gasteiger partial charge in [0, 0.05) is 18.6 Å². The van der Waals surface area contributed by atoms with E-state index in [0.717, 1.165) is 35.8 Å². The summed E-state index contributed by atoms with van der Waals surface area (Å²) in [7, 11) is 0. The summed E-state index contributed by atoms with van der Waals surface area (Å²) in [5, 5.41) is 7.53. The van der Waals surface area contributed by atoms with Crippen molar-refractivity contribution in [3.05, 3.63) is 0 Å². The van der Waals surface area contributed by atoms with Crippen molar-refractivity contribution in [3.63, 3.8) is 0 Å². The molecule has 0 bridgehead atoms. The third kappa shape index (κ3) is 2.05. The zero-order valence-corrected chi connectivity index (χ0v) is 13.0. The summed E-state index contributed by atoms with van der Waals surface area (Å²) in [5.41, 5.74) is 0.